The van der Waals surface area contributed by atoms with Crippen LogP contribution in [0.4, 0.5) is 20.3 Å². The number of anilines is 2. The van der Waals surface area contributed by atoms with E-state index in [0.29, 0.717) is 11.6 Å². The second-order valence-electron chi connectivity index (χ2n) is 3.84. The van der Waals surface area contributed by atoms with Crippen molar-refractivity contribution in [1.29, 1.82) is 0 Å². The standard InChI is InChI=1S/C10H10F2N4O2S/c1-5-4-14-15-10(5)16-19(17,18)9-3-8(13)6(11)2-7(9)12/h2-4H,13H2,1H3,(H2,14,15,16). The molecule has 2 rings (SSSR count). The predicted octanol–water partition coefficient (Wildman–Crippen LogP) is 1.38. The van der Waals surface area contributed by atoms with Crippen LogP contribution in [0.3, 0.4) is 0 Å². The van der Waals surface area contributed by atoms with Gasteiger partial charge < -0.3 is 5.73 Å². The molecule has 4 N–H and O–H groups in total. The Morgan fingerprint density at radius 1 is 1.32 bits per heavy atom. The van der Waals surface area contributed by atoms with E-state index in [1.807, 2.05) is 0 Å². The minimum absolute atomic E-state index is 0.0993. The molecule has 102 valence electrons. The maximum atomic E-state index is 13.5. The number of hydrogen-bond acceptors (Lipinski definition) is 4. The molecule has 0 amide bonds. The molecule has 0 spiro atoms. The number of H-pyrrole nitrogens is 1. The van der Waals surface area contributed by atoms with Crippen molar-refractivity contribution in [2.75, 3.05) is 10.5 Å². The van der Waals surface area contributed by atoms with E-state index in [4.69, 9.17) is 5.73 Å². The Bertz CT molecular complexity index is 727. The van der Waals surface area contributed by atoms with Crippen molar-refractivity contribution < 1.29 is 17.2 Å². The van der Waals surface area contributed by atoms with Crippen molar-refractivity contribution in [2.24, 2.45) is 0 Å². The van der Waals surface area contributed by atoms with Crippen molar-refractivity contribution in [1.82, 2.24) is 10.2 Å². The molecule has 1 aromatic carbocycles. The highest BCUT2D eigenvalue weighted by atomic mass is 32.2. The van der Waals surface area contributed by atoms with Gasteiger partial charge in [-0.25, -0.2) is 17.2 Å². The van der Waals surface area contributed by atoms with E-state index in [1.165, 1.54) is 6.20 Å². The van der Waals surface area contributed by atoms with Crippen molar-refractivity contribution in [3.05, 3.63) is 35.5 Å². The molecule has 1 heterocycles. The van der Waals surface area contributed by atoms with Crippen LogP contribution in [0, 0.1) is 18.6 Å². The van der Waals surface area contributed by atoms with Crippen LogP contribution in [0.25, 0.3) is 0 Å². The molecule has 0 atom stereocenters. The molecule has 0 saturated heterocycles. The zero-order valence-electron chi connectivity index (χ0n) is 9.74. The van der Waals surface area contributed by atoms with Crippen LogP contribution in [0.2, 0.25) is 0 Å². The largest absolute Gasteiger partial charge is 0.396 e. The van der Waals surface area contributed by atoms with Crippen molar-refractivity contribution in [3.63, 3.8) is 0 Å². The molecule has 0 fully saturated rings. The summed E-state index contributed by atoms with van der Waals surface area (Å²) < 4.78 is 52.5. The highest BCUT2D eigenvalue weighted by Gasteiger charge is 2.22. The number of hydrogen-bond donors (Lipinski definition) is 3. The van der Waals surface area contributed by atoms with E-state index in [0.717, 1.165) is 6.07 Å². The van der Waals surface area contributed by atoms with Crippen LogP contribution < -0.4 is 10.5 Å². The quantitative estimate of drug-likeness (QED) is 0.743. The fraction of sp³-hybridized carbons (Fsp3) is 0.100. The molecule has 0 saturated carbocycles. The summed E-state index contributed by atoms with van der Waals surface area (Å²) in [6.07, 6.45) is 1.40. The number of benzene rings is 1. The van der Waals surface area contributed by atoms with Gasteiger partial charge >= 0.3 is 0 Å². The summed E-state index contributed by atoms with van der Waals surface area (Å²) in [7, 11) is -4.22. The normalized spacial score (nSPS) is 11.5. The summed E-state index contributed by atoms with van der Waals surface area (Å²) in [5.74, 6) is -2.15. The van der Waals surface area contributed by atoms with Gasteiger partial charge in [-0.15, -0.1) is 0 Å². The lowest BCUT2D eigenvalue weighted by Gasteiger charge is -2.09. The van der Waals surface area contributed by atoms with Gasteiger partial charge in [-0.2, -0.15) is 5.10 Å². The van der Waals surface area contributed by atoms with E-state index >= 15 is 0 Å². The Balaban J connectivity index is 2.46. The maximum absolute atomic E-state index is 13.5. The molecular weight excluding hydrogens is 278 g/mol. The first-order valence-corrected chi connectivity index (χ1v) is 6.57. The average molecular weight is 288 g/mol. The maximum Gasteiger partial charge on any atom is 0.266 e. The van der Waals surface area contributed by atoms with Crippen LogP contribution in [-0.4, -0.2) is 18.6 Å². The molecule has 9 heteroatoms. The first-order chi connectivity index (χ1) is 8.81. The molecule has 0 aliphatic rings. The van der Waals surface area contributed by atoms with Gasteiger partial charge in [-0.1, -0.05) is 0 Å². The van der Waals surface area contributed by atoms with Crippen molar-refractivity contribution in [2.45, 2.75) is 11.8 Å². The van der Waals surface area contributed by atoms with Gasteiger partial charge in [0.25, 0.3) is 10.0 Å². The third-order valence-electron chi connectivity index (χ3n) is 2.41. The molecule has 0 unspecified atom stereocenters. The minimum Gasteiger partial charge on any atom is -0.396 e. The van der Waals surface area contributed by atoms with E-state index < -0.39 is 32.2 Å². The zero-order valence-corrected chi connectivity index (χ0v) is 10.6. The second kappa shape index (κ2) is 4.50. The molecular formula is C10H10F2N4O2S. The fourth-order valence-corrected chi connectivity index (χ4v) is 2.57. The van der Waals surface area contributed by atoms with Gasteiger partial charge in [0, 0.05) is 11.6 Å². The highest BCUT2D eigenvalue weighted by molar-refractivity contribution is 7.92. The number of nitrogens with zero attached hydrogens (tertiary/aromatic N) is 1. The number of aromatic nitrogens is 2. The summed E-state index contributed by atoms with van der Waals surface area (Å²) in [4.78, 5) is -0.736. The zero-order chi connectivity index (χ0) is 14.2. The number of nitrogens with two attached hydrogens (primary N) is 1. The SMILES string of the molecule is Cc1cn[nH]c1NS(=O)(=O)c1cc(N)c(F)cc1F. The summed E-state index contributed by atoms with van der Waals surface area (Å²) in [5, 5.41) is 6.03. The highest BCUT2D eigenvalue weighted by Crippen LogP contribution is 2.23. The number of sulfonamides is 1. The molecule has 19 heavy (non-hydrogen) atoms. The lowest BCUT2D eigenvalue weighted by molar-refractivity contribution is 0.553. The minimum atomic E-state index is -4.22. The number of nitrogens with one attached hydrogen (secondary N) is 2. The summed E-state index contributed by atoms with van der Waals surface area (Å²) in [5.41, 5.74) is 5.31. The van der Waals surface area contributed by atoms with Crippen LogP contribution in [0.15, 0.2) is 23.2 Å². The molecule has 0 bridgehead atoms. The molecule has 2 aromatic rings. The first-order valence-electron chi connectivity index (χ1n) is 5.08. The molecule has 0 radical (unpaired) electrons. The van der Waals surface area contributed by atoms with E-state index in [9.17, 15) is 17.2 Å². The molecule has 6 nitrogen and oxygen atoms in total. The lowest BCUT2D eigenvalue weighted by atomic mass is 10.3. The van der Waals surface area contributed by atoms with Crippen LogP contribution >= 0.6 is 0 Å². The van der Waals surface area contributed by atoms with Gasteiger partial charge in [0.2, 0.25) is 0 Å². The van der Waals surface area contributed by atoms with Crippen molar-refractivity contribution in [3.8, 4) is 0 Å². The van der Waals surface area contributed by atoms with Gasteiger partial charge in [-0.3, -0.25) is 9.82 Å². The number of aromatic amines is 1. The number of aryl methyl sites for hydroxylation is 1. The third-order valence-corrected chi connectivity index (χ3v) is 3.77. The number of rotatable bonds is 3. The van der Waals surface area contributed by atoms with Gasteiger partial charge in [0.15, 0.2) is 0 Å². The Kier molecular flexibility index (Phi) is 3.14. The Hall–Kier alpha value is -2.16. The lowest BCUT2D eigenvalue weighted by Crippen LogP contribution is -2.16. The Morgan fingerprint density at radius 3 is 2.58 bits per heavy atom. The Labute approximate surface area is 107 Å². The fourth-order valence-electron chi connectivity index (χ4n) is 1.39. The summed E-state index contributed by atoms with van der Waals surface area (Å²) in [6.45, 7) is 1.61. The smallest absolute Gasteiger partial charge is 0.266 e. The van der Waals surface area contributed by atoms with Crippen LogP contribution in [-0.2, 0) is 10.0 Å². The molecule has 0 aliphatic carbocycles. The average Bonchev–Trinajstić information content (AvgIpc) is 2.69. The molecule has 1 aromatic heterocycles. The summed E-state index contributed by atoms with van der Waals surface area (Å²) in [6, 6.07) is 1.14. The number of nitrogen functional groups attached to an aromatic ring is 1. The van der Waals surface area contributed by atoms with Gasteiger partial charge in [-0.05, 0) is 13.0 Å². The van der Waals surface area contributed by atoms with E-state index in [2.05, 4.69) is 14.9 Å². The molecule has 0 aliphatic heterocycles. The summed E-state index contributed by atoms with van der Waals surface area (Å²) >= 11 is 0. The third kappa shape index (κ3) is 2.50. The second-order valence-corrected chi connectivity index (χ2v) is 5.49. The van der Waals surface area contributed by atoms with E-state index in [-0.39, 0.29) is 5.82 Å². The van der Waals surface area contributed by atoms with Crippen molar-refractivity contribution >= 4 is 21.5 Å². The van der Waals surface area contributed by atoms with Crippen LogP contribution in [0.1, 0.15) is 5.56 Å². The Morgan fingerprint density at radius 2 is 2.00 bits per heavy atom. The topological polar surface area (TPSA) is 101 Å². The predicted molar refractivity (Wildman–Crippen MR) is 64.9 cm³/mol. The van der Waals surface area contributed by atoms with Crippen LogP contribution in [0.5, 0.6) is 0 Å². The van der Waals surface area contributed by atoms with Gasteiger partial charge in [0.05, 0.1) is 11.9 Å². The van der Waals surface area contributed by atoms with E-state index in [1.54, 1.807) is 6.92 Å². The number of halogens is 2. The monoisotopic (exact) mass is 288 g/mol. The first kappa shape index (κ1) is 13.3. The van der Waals surface area contributed by atoms with Gasteiger partial charge in [0.1, 0.15) is 22.3 Å².